The number of piperazine rings is 1. The maximum Gasteiger partial charge on any atom is 0.259 e. The fraction of sp³-hybridized carbons (Fsp3) is 0.593. The van der Waals surface area contributed by atoms with Crippen LogP contribution in [0.1, 0.15) is 61.9 Å². The Labute approximate surface area is 221 Å². The van der Waals surface area contributed by atoms with Crippen molar-refractivity contribution >= 4 is 40.1 Å². The lowest BCUT2D eigenvalue weighted by atomic mass is 9.87. The second-order valence-corrected chi connectivity index (χ2v) is 10.7. The second kappa shape index (κ2) is 10.7. The van der Waals surface area contributed by atoms with Crippen LogP contribution in [0, 0.1) is 12.8 Å². The topological polar surface area (TPSA) is 74.2 Å². The first kappa shape index (κ1) is 27.5. The standard InChI is InChI=1S/C27H35F2N5O2.ClH/c1-4-9-32-10-11-33(15-18(32)3)26(36)20-13-21-23(12-17(20)2)31-25(35)22-14-30-34(24(21)22)16-19-5-7-27(28,29)8-6-19;/h12-14,18-19H,4-11,15-16H2,1-3H3,(H,31,35);1H/t18-;/m0./s1. The van der Waals surface area contributed by atoms with E-state index in [9.17, 15) is 18.4 Å². The lowest BCUT2D eigenvalue weighted by Crippen LogP contribution is -2.53. The minimum atomic E-state index is -2.58. The maximum absolute atomic E-state index is 13.7. The second-order valence-electron chi connectivity index (χ2n) is 10.7. The number of nitrogens with one attached hydrogen (secondary N) is 1. The Kier molecular flexibility index (Phi) is 7.95. The highest BCUT2D eigenvalue weighted by atomic mass is 35.5. The van der Waals surface area contributed by atoms with E-state index >= 15 is 0 Å². The summed E-state index contributed by atoms with van der Waals surface area (Å²) in [6.45, 7) is 9.97. The van der Waals surface area contributed by atoms with Crippen LogP contribution in [0.4, 0.5) is 8.78 Å². The number of carbonyl (C=O) groups is 1. The SMILES string of the molecule is CCCN1CCN(C(=O)c2cc3c(cc2C)[nH]c(=O)c2cnn(CC4CCC(F)(F)CC4)c23)C[C@@H]1C.Cl. The molecule has 0 bridgehead atoms. The Bertz CT molecular complexity index is 1340. The van der Waals surface area contributed by atoms with Crippen LogP contribution in [0.25, 0.3) is 21.8 Å². The van der Waals surface area contributed by atoms with Crippen LogP contribution in [0.2, 0.25) is 0 Å². The summed E-state index contributed by atoms with van der Waals surface area (Å²) in [7, 11) is 0. The van der Waals surface area contributed by atoms with Gasteiger partial charge in [-0.3, -0.25) is 19.2 Å². The number of nitrogens with zero attached hydrogens (tertiary/aromatic N) is 4. The molecule has 37 heavy (non-hydrogen) atoms. The maximum atomic E-state index is 13.7. The fourth-order valence-electron chi connectivity index (χ4n) is 5.90. The molecule has 1 saturated heterocycles. The lowest BCUT2D eigenvalue weighted by Gasteiger charge is -2.40. The summed E-state index contributed by atoms with van der Waals surface area (Å²) in [6.07, 6.45) is 3.27. The van der Waals surface area contributed by atoms with Crippen LogP contribution in [-0.2, 0) is 6.54 Å². The third-order valence-electron chi connectivity index (χ3n) is 8.01. The monoisotopic (exact) mass is 535 g/mol. The third-order valence-corrected chi connectivity index (χ3v) is 8.01. The van der Waals surface area contributed by atoms with Crippen LogP contribution in [0.15, 0.2) is 23.1 Å². The molecule has 5 rings (SSSR count). The quantitative estimate of drug-likeness (QED) is 0.499. The van der Waals surface area contributed by atoms with E-state index < -0.39 is 5.92 Å². The van der Waals surface area contributed by atoms with Crippen molar-refractivity contribution in [3.8, 4) is 0 Å². The van der Waals surface area contributed by atoms with Crippen LogP contribution in [0.3, 0.4) is 0 Å². The average Bonchev–Trinajstić information content (AvgIpc) is 3.25. The van der Waals surface area contributed by atoms with Gasteiger partial charge in [0.1, 0.15) is 0 Å². The van der Waals surface area contributed by atoms with Crippen LogP contribution >= 0.6 is 12.4 Å². The van der Waals surface area contributed by atoms with E-state index in [0.717, 1.165) is 30.5 Å². The first-order valence-corrected chi connectivity index (χ1v) is 13.1. The summed E-state index contributed by atoms with van der Waals surface area (Å²) in [4.78, 5) is 33.7. The highest BCUT2D eigenvalue weighted by Gasteiger charge is 2.35. The number of halogens is 3. The number of hydrogen-bond acceptors (Lipinski definition) is 4. The Morgan fingerprint density at radius 1 is 1.19 bits per heavy atom. The fourth-order valence-corrected chi connectivity index (χ4v) is 5.90. The number of aromatic amines is 1. The van der Waals surface area contributed by atoms with Crippen molar-refractivity contribution in [2.24, 2.45) is 5.92 Å². The van der Waals surface area contributed by atoms with Gasteiger partial charge in [-0.2, -0.15) is 5.10 Å². The van der Waals surface area contributed by atoms with Crippen molar-refractivity contribution in [1.82, 2.24) is 24.6 Å². The first-order valence-electron chi connectivity index (χ1n) is 13.1. The van der Waals surface area contributed by atoms with E-state index in [1.54, 1.807) is 10.9 Å². The third kappa shape index (κ3) is 5.39. The number of rotatable bonds is 5. The Hall–Kier alpha value is -2.52. The molecule has 202 valence electrons. The number of hydrogen-bond donors (Lipinski definition) is 1. The molecule has 1 N–H and O–H groups in total. The van der Waals surface area contributed by atoms with Crippen molar-refractivity contribution < 1.29 is 13.6 Å². The molecule has 1 atom stereocenters. The Balaban J connectivity index is 0.00000320. The minimum absolute atomic E-state index is 0. The number of H-pyrrole nitrogens is 1. The summed E-state index contributed by atoms with van der Waals surface area (Å²) >= 11 is 0. The van der Waals surface area contributed by atoms with Gasteiger partial charge < -0.3 is 9.88 Å². The number of carbonyl (C=O) groups excluding carboxylic acids is 1. The lowest BCUT2D eigenvalue weighted by molar-refractivity contribution is -0.0475. The summed E-state index contributed by atoms with van der Waals surface area (Å²) in [6, 6.07) is 4.04. The molecule has 7 nitrogen and oxygen atoms in total. The molecule has 3 aromatic rings. The number of alkyl halides is 2. The number of benzene rings is 1. The zero-order valence-corrected chi connectivity index (χ0v) is 22.5. The summed E-state index contributed by atoms with van der Waals surface area (Å²) in [5, 5.41) is 5.68. The molecular formula is C27H36ClF2N5O2. The van der Waals surface area contributed by atoms with E-state index in [1.165, 1.54) is 0 Å². The molecule has 2 aliphatic rings. The van der Waals surface area contributed by atoms with Crippen molar-refractivity contribution in [3.63, 3.8) is 0 Å². The minimum Gasteiger partial charge on any atom is -0.336 e. The molecule has 0 radical (unpaired) electrons. The molecule has 0 unspecified atom stereocenters. The normalized spacial score (nSPS) is 20.9. The predicted octanol–water partition coefficient (Wildman–Crippen LogP) is 4.99. The van der Waals surface area contributed by atoms with E-state index in [0.29, 0.717) is 60.5 Å². The van der Waals surface area contributed by atoms with E-state index in [1.807, 2.05) is 24.0 Å². The van der Waals surface area contributed by atoms with Crippen LogP contribution in [-0.4, -0.2) is 68.6 Å². The summed E-state index contributed by atoms with van der Waals surface area (Å²) in [5.41, 5.74) is 2.52. The van der Waals surface area contributed by atoms with Crippen LogP contribution in [0.5, 0.6) is 0 Å². The Morgan fingerprint density at radius 2 is 1.92 bits per heavy atom. The van der Waals surface area contributed by atoms with Gasteiger partial charge in [-0.25, -0.2) is 8.78 Å². The number of aromatic nitrogens is 3. The van der Waals surface area contributed by atoms with Gasteiger partial charge in [-0.1, -0.05) is 6.92 Å². The van der Waals surface area contributed by atoms with Crippen molar-refractivity contribution in [2.45, 2.75) is 71.4 Å². The number of pyridine rings is 1. The largest absolute Gasteiger partial charge is 0.336 e. The highest BCUT2D eigenvalue weighted by Crippen LogP contribution is 2.37. The molecule has 3 heterocycles. The van der Waals surface area contributed by atoms with Gasteiger partial charge in [0.05, 0.1) is 22.6 Å². The number of amides is 1. The molecule has 1 aliphatic carbocycles. The molecule has 0 spiro atoms. The summed E-state index contributed by atoms with van der Waals surface area (Å²) < 4.78 is 29.1. The molecule has 2 aromatic heterocycles. The van der Waals surface area contributed by atoms with Gasteiger partial charge in [0.25, 0.3) is 11.5 Å². The first-order chi connectivity index (χ1) is 17.2. The zero-order valence-electron chi connectivity index (χ0n) is 21.7. The van der Waals surface area contributed by atoms with Crippen molar-refractivity contribution in [1.29, 1.82) is 0 Å². The van der Waals surface area contributed by atoms with Gasteiger partial charge in [-0.15, -0.1) is 12.4 Å². The smallest absolute Gasteiger partial charge is 0.259 e. The van der Waals surface area contributed by atoms with Crippen molar-refractivity contribution in [3.05, 3.63) is 39.8 Å². The van der Waals surface area contributed by atoms with Crippen LogP contribution < -0.4 is 5.56 Å². The average molecular weight is 536 g/mol. The van der Waals surface area contributed by atoms with Gasteiger partial charge in [0.15, 0.2) is 0 Å². The van der Waals surface area contributed by atoms with Crippen molar-refractivity contribution in [2.75, 3.05) is 26.2 Å². The number of aryl methyl sites for hydroxylation is 1. The predicted molar refractivity (Wildman–Crippen MR) is 144 cm³/mol. The van der Waals surface area contributed by atoms with E-state index in [-0.39, 0.29) is 42.6 Å². The summed E-state index contributed by atoms with van der Waals surface area (Å²) in [5.74, 6) is -2.51. The Morgan fingerprint density at radius 3 is 2.59 bits per heavy atom. The zero-order chi connectivity index (χ0) is 25.6. The molecule has 1 aliphatic heterocycles. The van der Waals surface area contributed by atoms with Gasteiger partial charge in [-0.05, 0) is 63.3 Å². The van der Waals surface area contributed by atoms with Gasteiger partial charge >= 0.3 is 0 Å². The molecule has 1 aromatic carbocycles. The molecule has 1 saturated carbocycles. The number of fused-ring (bicyclic) bond motifs is 3. The molecule has 10 heteroatoms. The van der Waals surface area contributed by atoms with E-state index in [2.05, 4.69) is 28.8 Å². The molecular weight excluding hydrogens is 500 g/mol. The highest BCUT2D eigenvalue weighted by molar-refractivity contribution is 6.07. The van der Waals surface area contributed by atoms with Gasteiger partial charge in [0.2, 0.25) is 5.92 Å². The van der Waals surface area contributed by atoms with Gasteiger partial charge in [0, 0.05) is 56.0 Å². The molecule has 1 amide bonds. The molecule has 2 fully saturated rings. The van der Waals surface area contributed by atoms with E-state index in [4.69, 9.17) is 0 Å².